The summed E-state index contributed by atoms with van der Waals surface area (Å²) in [5, 5.41) is 31.0. The second-order valence-corrected chi connectivity index (χ2v) is 14.6. The van der Waals surface area contributed by atoms with Crippen LogP contribution in [0.4, 0.5) is 0 Å². The van der Waals surface area contributed by atoms with Crippen LogP contribution in [0.1, 0.15) is 140 Å². The number of ether oxygens (including phenoxy) is 3. The van der Waals surface area contributed by atoms with Crippen molar-refractivity contribution < 1.29 is 53.5 Å². The molecule has 47 heavy (non-hydrogen) atoms. The van der Waals surface area contributed by atoms with Gasteiger partial charge in [0.1, 0.15) is 17.5 Å². The molecule has 1 aliphatic carbocycles. The quantitative estimate of drug-likeness (QED) is 0.0733. The van der Waals surface area contributed by atoms with Crippen LogP contribution in [-0.2, 0) is 23.9 Å². The van der Waals surface area contributed by atoms with E-state index in [0.717, 1.165) is 32.1 Å². The lowest BCUT2D eigenvalue weighted by molar-refractivity contribution is -0.216. The summed E-state index contributed by atoms with van der Waals surface area (Å²) < 4.78 is 16.7. The van der Waals surface area contributed by atoms with E-state index in [4.69, 9.17) is 14.2 Å². The number of esters is 3. The number of hydrogen-bond acceptors (Lipinski definition) is 11. The predicted molar refractivity (Wildman–Crippen MR) is 174 cm³/mol. The van der Waals surface area contributed by atoms with Crippen LogP contribution in [0, 0.1) is 11.3 Å². The smallest absolute Gasteiger partial charge is 0.351 e. The van der Waals surface area contributed by atoms with Crippen LogP contribution in [0.3, 0.4) is 0 Å². The van der Waals surface area contributed by atoms with Crippen LogP contribution in [0.25, 0.3) is 0 Å². The lowest BCUT2D eigenvalue weighted by atomic mass is 9.79. The zero-order valence-corrected chi connectivity index (χ0v) is 29.2. The fourth-order valence-corrected chi connectivity index (χ4v) is 5.39. The van der Waals surface area contributed by atoms with Crippen LogP contribution in [0.5, 0.6) is 5.75 Å². The van der Waals surface area contributed by atoms with Crippen molar-refractivity contribution in [2.75, 3.05) is 0 Å². The average molecular weight is 663 g/mol. The van der Waals surface area contributed by atoms with Crippen molar-refractivity contribution in [1.29, 1.82) is 0 Å². The number of Topliss-reactive ketones (excluding diaryl/α,β-unsaturated/α-hetero) is 2. The van der Waals surface area contributed by atoms with Gasteiger partial charge < -0.3 is 29.5 Å². The molecule has 0 aliphatic heterocycles. The van der Waals surface area contributed by atoms with Crippen molar-refractivity contribution >= 4 is 29.5 Å². The number of unbranched alkanes of at least 4 members (excludes halogenated alkanes) is 4. The van der Waals surface area contributed by atoms with E-state index in [-0.39, 0.29) is 29.3 Å². The molecule has 1 saturated carbocycles. The first-order chi connectivity index (χ1) is 21.8. The third-order valence-corrected chi connectivity index (χ3v) is 8.02. The van der Waals surface area contributed by atoms with Crippen molar-refractivity contribution in [3.05, 3.63) is 29.3 Å². The number of rotatable bonds is 15. The molecule has 0 radical (unpaired) electrons. The first kappa shape index (κ1) is 40.0. The Morgan fingerprint density at radius 2 is 1.45 bits per heavy atom. The highest BCUT2D eigenvalue weighted by atomic mass is 16.6. The first-order valence-electron chi connectivity index (χ1n) is 16.7. The minimum Gasteiger partial charge on any atom is -0.457 e. The number of benzene rings is 1. The van der Waals surface area contributed by atoms with Gasteiger partial charge in [0.25, 0.3) is 0 Å². The minimum absolute atomic E-state index is 0.0176. The highest BCUT2D eigenvalue weighted by molar-refractivity contribution is 6.06. The van der Waals surface area contributed by atoms with Gasteiger partial charge >= 0.3 is 17.9 Å². The van der Waals surface area contributed by atoms with Gasteiger partial charge in [0.05, 0.1) is 17.8 Å². The number of carbonyl (C=O) groups is 5. The molecular formula is C36H54O11. The van der Waals surface area contributed by atoms with E-state index in [9.17, 15) is 39.3 Å². The Hall–Kier alpha value is -3.15. The van der Waals surface area contributed by atoms with Gasteiger partial charge in [-0.25, -0.2) is 4.79 Å². The monoisotopic (exact) mass is 662 g/mol. The normalized spacial score (nSPS) is 22.2. The predicted octanol–water partition coefficient (Wildman–Crippen LogP) is 5.28. The Morgan fingerprint density at radius 3 is 1.98 bits per heavy atom. The maximum Gasteiger partial charge on any atom is 0.351 e. The SMILES string of the molecule is CCCCCCCC(=O)c1ccc(OC(=O)C(CCC)C(=O)OC2(C(=O)OC(C)(C)C)CC(O)C(O)C(O)C2)c(C(=O)C(C)(C)C)c1. The van der Waals surface area contributed by atoms with Crippen molar-refractivity contribution in [3.8, 4) is 5.75 Å². The zero-order valence-electron chi connectivity index (χ0n) is 29.2. The summed E-state index contributed by atoms with van der Waals surface area (Å²) in [5.41, 5.74) is -3.78. The van der Waals surface area contributed by atoms with Gasteiger partial charge in [-0.15, -0.1) is 0 Å². The zero-order chi connectivity index (χ0) is 35.7. The van der Waals surface area contributed by atoms with Crippen molar-refractivity contribution in [1.82, 2.24) is 0 Å². The molecule has 0 bridgehead atoms. The molecule has 1 aromatic rings. The van der Waals surface area contributed by atoms with Crippen LogP contribution in [0.2, 0.25) is 0 Å². The maximum absolute atomic E-state index is 13.6. The molecule has 264 valence electrons. The third-order valence-electron chi connectivity index (χ3n) is 8.02. The van der Waals surface area contributed by atoms with Gasteiger partial charge in [0.2, 0.25) is 5.60 Å². The van der Waals surface area contributed by atoms with Gasteiger partial charge in [0.15, 0.2) is 17.5 Å². The lowest BCUT2D eigenvalue weighted by Crippen LogP contribution is -2.59. The second-order valence-electron chi connectivity index (χ2n) is 14.6. The summed E-state index contributed by atoms with van der Waals surface area (Å²) in [6, 6.07) is 4.27. The van der Waals surface area contributed by atoms with Crippen molar-refractivity contribution in [3.63, 3.8) is 0 Å². The van der Waals surface area contributed by atoms with E-state index in [0.29, 0.717) is 18.4 Å². The van der Waals surface area contributed by atoms with E-state index >= 15 is 0 Å². The summed E-state index contributed by atoms with van der Waals surface area (Å²) in [4.78, 5) is 67.0. The summed E-state index contributed by atoms with van der Waals surface area (Å²) in [7, 11) is 0. The Kier molecular flexibility index (Phi) is 14.3. The van der Waals surface area contributed by atoms with Crippen LogP contribution in [0.15, 0.2) is 18.2 Å². The van der Waals surface area contributed by atoms with E-state index in [1.807, 2.05) is 0 Å². The maximum atomic E-state index is 13.6. The van der Waals surface area contributed by atoms with Crippen LogP contribution >= 0.6 is 0 Å². The molecule has 0 spiro atoms. The standard InChI is InChI=1S/C36H54O11/c1-9-11-12-13-14-16-25(37)22-17-18-28(24(19-22)30(41)34(3,4)5)45-31(42)23(15-10-2)32(43)46-36(33(44)47-35(6,7)8)20-26(38)29(40)27(39)21-36/h17-19,23,26-27,29,38-40H,9-16,20-21H2,1-8H3. The molecule has 0 saturated heterocycles. The number of ketones is 2. The average Bonchev–Trinajstić information content (AvgIpc) is 2.96. The fourth-order valence-electron chi connectivity index (χ4n) is 5.39. The first-order valence-corrected chi connectivity index (χ1v) is 16.7. The van der Waals surface area contributed by atoms with Crippen molar-refractivity contribution in [2.45, 2.75) is 149 Å². The van der Waals surface area contributed by atoms with Gasteiger partial charge in [0, 0.05) is 30.2 Å². The van der Waals surface area contributed by atoms with E-state index < -0.39 is 71.6 Å². The molecule has 3 N–H and O–H groups in total. The molecular weight excluding hydrogens is 608 g/mol. The molecule has 1 fully saturated rings. The fraction of sp³-hybridized carbons (Fsp3) is 0.694. The number of aliphatic hydroxyl groups is 3. The van der Waals surface area contributed by atoms with Crippen LogP contribution < -0.4 is 4.74 Å². The van der Waals surface area contributed by atoms with Crippen LogP contribution in [-0.4, -0.2) is 74.3 Å². The summed E-state index contributed by atoms with van der Waals surface area (Å²) in [5.74, 6) is -5.44. The molecule has 11 nitrogen and oxygen atoms in total. The van der Waals surface area contributed by atoms with Gasteiger partial charge in [-0.3, -0.25) is 19.2 Å². The molecule has 0 heterocycles. The molecule has 2 rings (SSSR count). The lowest BCUT2D eigenvalue weighted by Gasteiger charge is -2.42. The summed E-state index contributed by atoms with van der Waals surface area (Å²) in [6.07, 6.45) is -0.520. The highest BCUT2D eigenvalue weighted by Gasteiger charge is 2.55. The van der Waals surface area contributed by atoms with E-state index in [2.05, 4.69) is 6.92 Å². The molecule has 0 amide bonds. The molecule has 3 atom stereocenters. The van der Waals surface area contributed by atoms with Gasteiger partial charge in [-0.05, 0) is 51.8 Å². The van der Waals surface area contributed by atoms with Gasteiger partial charge in [-0.1, -0.05) is 66.7 Å². The van der Waals surface area contributed by atoms with Crippen molar-refractivity contribution in [2.24, 2.45) is 11.3 Å². The molecule has 1 aliphatic rings. The molecule has 11 heteroatoms. The topological polar surface area (TPSA) is 174 Å². The Labute approximate surface area is 278 Å². The van der Waals surface area contributed by atoms with E-state index in [1.54, 1.807) is 48.5 Å². The van der Waals surface area contributed by atoms with Gasteiger partial charge in [-0.2, -0.15) is 0 Å². The largest absolute Gasteiger partial charge is 0.457 e. The third kappa shape index (κ3) is 11.2. The summed E-state index contributed by atoms with van der Waals surface area (Å²) in [6.45, 7) is 13.7. The second kappa shape index (κ2) is 16.8. The Bertz CT molecular complexity index is 1260. The Morgan fingerprint density at radius 1 is 0.851 bits per heavy atom. The molecule has 3 unspecified atom stereocenters. The van der Waals surface area contributed by atoms with E-state index in [1.165, 1.54) is 18.2 Å². The highest BCUT2D eigenvalue weighted by Crippen LogP contribution is 2.37. The number of hydrogen-bond donors (Lipinski definition) is 3. The summed E-state index contributed by atoms with van der Waals surface area (Å²) >= 11 is 0. The molecule has 1 aromatic carbocycles. The molecule has 0 aromatic heterocycles. The number of carbonyl (C=O) groups excluding carboxylic acids is 5. The minimum atomic E-state index is -2.19. The number of aliphatic hydroxyl groups excluding tert-OH is 3. The Balaban J connectivity index is 2.40.